The van der Waals surface area contributed by atoms with Crippen molar-refractivity contribution in [1.29, 1.82) is 0 Å². The maximum Gasteiger partial charge on any atom is 0.408 e. The van der Waals surface area contributed by atoms with E-state index in [0.29, 0.717) is 12.0 Å². The predicted molar refractivity (Wildman–Crippen MR) is 167 cm³/mol. The number of benzene rings is 3. The molecule has 4 rings (SSSR count). The number of alkyl carbamates (subject to hydrolysis) is 1. The highest BCUT2D eigenvalue weighted by molar-refractivity contribution is 5.86. The number of carbonyl (C=O) groups excluding carboxylic acids is 4. The number of allylic oxidation sites excluding steroid dienone is 1. The van der Waals surface area contributed by atoms with Crippen LogP contribution in [0.15, 0.2) is 103 Å². The molecule has 236 valence electrons. The van der Waals surface area contributed by atoms with Gasteiger partial charge in [-0.25, -0.2) is 9.59 Å². The molecule has 4 atom stereocenters. The van der Waals surface area contributed by atoms with E-state index in [1.807, 2.05) is 66.7 Å². The SMILES string of the molecule is O=C(CC1CC=CCC(NC(=O)OCc2ccccc2)C(=O)OC(c2ccccc2)CNC1=O)NC(CO)Cc1ccccc1. The Bertz CT molecular complexity index is 1420. The largest absolute Gasteiger partial charge is 0.454 e. The average Bonchev–Trinajstić information content (AvgIpc) is 3.06. The van der Waals surface area contributed by atoms with Crippen molar-refractivity contribution in [2.24, 2.45) is 5.92 Å². The highest BCUT2D eigenvalue weighted by Gasteiger charge is 2.29. The molecule has 0 spiro atoms. The van der Waals surface area contributed by atoms with Crippen molar-refractivity contribution in [3.63, 3.8) is 0 Å². The van der Waals surface area contributed by atoms with Crippen molar-refractivity contribution in [1.82, 2.24) is 16.0 Å². The molecule has 4 unspecified atom stereocenters. The van der Waals surface area contributed by atoms with Gasteiger partial charge in [-0.1, -0.05) is 103 Å². The molecule has 0 aromatic heterocycles. The number of esters is 1. The van der Waals surface area contributed by atoms with E-state index < -0.39 is 36.2 Å². The fourth-order valence-corrected chi connectivity index (χ4v) is 4.92. The minimum atomic E-state index is -1.05. The zero-order chi connectivity index (χ0) is 31.9. The van der Waals surface area contributed by atoms with Gasteiger partial charge >= 0.3 is 12.1 Å². The smallest absolute Gasteiger partial charge is 0.408 e. The van der Waals surface area contributed by atoms with Gasteiger partial charge in [0.05, 0.1) is 25.1 Å². The monoisotopic (exact) mass is 613 g/mol. The fraction of sp³-hybridized carbons (Fsp3) is 0.314. The van der Waals surface area contributed by atoms with Crippen LogP contribution in [0.25, 0.3) is 0 Å². The van der Waals surface area contributed by atoms with Crippen molar-refractivity contribution < 1.29 is 33.8 Å². The maximum absolute atomic E-state index is 13.3. The lowest BCUT2D eigenvalue weighted by Gasteiger charge is -2.25. The summed E-state index contributed by atoms with van der Waals surface area (Å²) in [5.41, 5.74) is 2.43. The third kappa shape index (κ3) is 10.9. The van der Waals surface area contributed by atoms with Crippen molar-refractivity contribution in [2.75, 3.05) is 13.2 Å². The van der Waals surface area contributed by atoms with E-state index in [4.69, 9.17) is 9.47 Å². The van der Waals surface area contributed by atoms with Crippen LogP contribution in [-0.4, -0.2) is 54.2 Å². The van der Waals surface area contributed by atoms with Crippen LogP contribution in [0.5, 0.6) is 0 Å². The summed E-state index contributed by atoms with van der Waals surface area (Å²) in [5.74, 6) is -2.12. The maximum atomic E-state index is 13.3. The molecule has 10 heteroatoms. The summed E-state index contributed by atoms with van der Waals surface area (Å²) < 4.78 is 11.1. The van der Waals surface area contributed by atoms with E-state index in [1.54, 1.807) is 36.4 Å². The molecule has 1 heterocycles. The minimum absolute atomic E-state index is 0.0329. The van der Waals surface area contributed by atoms with E-state index >= 15 is 0 Å². The van der Waals surface area contributed by atoms with Crippen molar-refractivity contribution in [2.45, 2.75) is 50.5 Å². The molecule has 0 aliphatic carbocycles. The quantitative estimate of drug-likeness (QED) is 0.201. The number of nitrogens with one attached hydrogen (secondary N) is 3. The Morgan fingerprint density at radius 3 is 2.18 bits per heavy atom. The Balaban J connectivity index is 1.44. The highest BCUT2D eigenvalue weighted by atomic mass is 16.6. The predicted octanol–water partition coefficient (Wildman–Crippen LogP) is 3.76. The number of ether oxygens (including phenoxy) is 2. The van der Waals surface area contributed by atoms with E-state index in [2.05, 4.69) is 16.0 Å². The first-order chi connectivity index (χ1) is 21.9. The molecular weight excluding hydrogens is 574 g/mol. The van der Waals surface area contributed by atoms with Gasteiger partial charge in [0.15, 0.2) is 0 Å². The lowest BCUT2D eigenvalue weighted by atomic mass is 9.97. The Morgan fingerprint density at radius 1 is 0.889 bits per heavy atom. The summed E-state index contributed by atoms with van der Waals surface area (Å²) in [4.78, 5) is 52.2. The molecule has 0 saturated carbocycles. The zero-order valence-corrected chi connectivity index (χ0v) is 25.0. The number of hydrogen-bond acceptors (Lipinski definition) is 7. The Kier molecular flexibility index (Phi) is 12.7. The van der Waals surface area contributed by atoms with Gasteiger partial charge in [-0.2, -0.15) is 0 Å². The van der Waals surface area contributed by atoms with Crippen molar-refractivity contribution in [3.05, 3.63) is 120 Å². The number of cyclic esters (lactones) is 1. The topological polar surface area (TPSA) is 143 Å². The Hall–Kier alpha value is -4.96. The van der Waals surface area contributed by atoms with Gasteiger partial charge in [0, 0.05) is 6.42 Å². The van der Waals surface area contributed by atoms with E-state index in [1.165, 1.54) is 0 Å². The van der Waals surface area contributed by atoms with Crippen LogP contribution >= 0.6 is 0 Å². The highest BCUT2D eigenvalue weighted by Crippen LogP contribution is 2.20. The van der Waals surface area contributed by atoms with Gasteiger partial charge in [-0.3, -0.25) is 9.59 Å². The molecule has 3 amide bonds. The molecule has 10 nitrogen and oxygen atoms in total. The Labute approximate surface area is 262 Å². The average molecular weight is 614 g/mol. The van der Waals surface area contributed by atoms with Crippen LogP contribution in [0.1, 0.15) is 42.1 Å². The van der Waals surface area contributed by atoms with E-state index in [-0.39, 0.29) is 50.8 Å². The van der Waals surface area contributed by atoms with Gasteiger partial charge in [-0.05, 0) is 36.0 Å². The zero-order valence-electron chi connectivity index (χ0n) is 25.0. The number of carbonyl (C=O) groups is 4. The third-order valence-corrected chi connectivity index (χ3v) is 7.35. The summed E-state index contributed by atoms with van der Waals surface area (Å²) in [6.07, 6.45) is 2.43. The summed E-state index contributed by atoms with van der Waals surface area (Å²) >= 11 is 0. The van der Waals surface area contributed by atoms with Gasteiger partial charge in [0.25, 0.3) is 0 Å². The lowest BCUT2D eigenvalue weighted by molar-refractivity contribution is -0.152. The van der Waals surface area contributed by atoms with Gasteiger partial charge < -0.3 is 30.5 Å². The van der Waals surface area contributed by atoms with Crippen LogP contribution in [-0.2, 0) is 36.9 Å². The number of aliphatic hydroxyl groups excluding tert-OH is 1. The first-order valence-electron chi connectivity index (χ1n) is 15.0. The minimum Gasteiger partial charge on any atom is -0.454 e. The normalized spacial score (nSPS) is 19.5. The molecule has 45 heavy (non-hydrogen) atoms. The molecule has 4 N–H and O–H groups in total. The molecule has 0 fully saturated rings. The molecule has 1 aliphatic rings. The number of rotatable bonds is 10. The molecule has 3 aromatic rings. The number of amides is 3. The van der Waals surface area contributed by atoms with Crippen molar-refractivity contribution >= 4 is 23.9 Å². The van der Waals surface area contributed by atoms with Crippen molar-refractivity contribution in [3.8, 4) is 0 Å². The van der Waals surface area contributed by atoms with Gasteiger partial charge in [-0.15, -0.1) is 0 Å². The molecular formula is C35H39N3O7. The summed E-state index contributed by atoms with van der Waals surface area (Å²) in [6.45, 7) is -0.242. The summed E-state index contributed by atoms with van der Waals surface area (Å²) in [7, 11) is 0. The van der Waals surface area contributed by atoms with Crippen LogP contribution in [0, 0.1) is 5.92 Å². The van der Waals surface area contributed by atoms with Gasteiger partial charge in [0.2, 0.25) is 11.8 Å². The first-order valence-corrected chi connectivity index (χ1v) is 15.0. The summed E-state index contributed by atoms with van der Waals surface area (Å²) in [5, 5.41) is 18.1. The molecule has 1 aliphatic heterocycles. The summed E-state index contributed by atoms with van der Waals surface area (Å²) in [6, 6.07) is 26.1. The van der Waals surface area contributed by atoms with Crippen LogP contribution in [0.4, 0.5) is 4.79 Å². The fourth-order valence-electron chi connectivity index (χ4n) is 4.92. The molecule has 3 aromatic carbocycles. The first kappa shape index (κ1) is 32.9. The van der Waals surface area contributed by atoms with Crippen LogP contribution in [0.2, 0.25) is 0 Å². The number of aliphatic hydroxyl groups is 1. The van der Waals surface area contributed by atoms with Crippen LogP contribution < -0.4 is 16.0 Å². The number of hydrogen-bond donors (Lipinski definition) is 4. The van der Waals surface area contributed by atoms with E-state index in [9.17, 15) is 24.3 Å². The Morgan fingerprint density at radius 2 is 1.51 bits per heavy atom. The lowest BCUT2D eigenvalue weighted by Crippen LogP contribution is -2.44. The second kappa shape index (κ2) is 17.4. The second-order valence-electron chi connectivity index (χ2n) is 10.8. The second-order valence-corrected chi connectivity index (χ2v) is 10.8. The molecule has 0 bridgehead atoms. The molecule has 0 saturated heterocycles. The van der Waals surface area contributed by atoms with Gasteiger partial charge in [0.1, 0.15) is 18.8 Å². The van der Waals surface area contributed by atoms with Crippen LogP contribution in [0.3, 0.4) is 0 Å². The van der Waals surface area contributed by atoms with E-state index in [0.717, 1.165) is 11.1 Å². The third-order valence-electron chi connectivity index (χ3n) is 7.35. The molecule has 0 radical (unpaired) electrons. The standard InChI is InChI=1S/C35H39N3O7/c39-23-29(20-25-12-4-1-5-13-25)37-32(40)21-28-18-10-11-19-30(38-35(43)44-24-26-14-6-2-7-15-26)34(42)45-31(22-36-33(28)41)27-16-8-3-9-17-27/h1-17,28-31,39H,18-24H2,(H,36,41)(H,37,40)(H,38,43).